The van der Waals surface area contributed by atoms with Crippen LogP contribution in [0.15, 0.2) is 37.0 Å². The molecule has 1 aliphatic rings. The molecule has 0 atom stereocenters. The van der Waals surface area contributed by atoms with Crippen LogP contribution in [0.1, 0.15) is 38.2 Å². The Bertz CT molecular complexity index is 913. The van der Waals surface area contributed by atoms with Gasteiger partial charge in [-0.3, -0.25) is 14.3 Å². The van der Waals surface area contributed by atoms with Crippen LogP contribution in [0.25, 0.3) is 11.1 Å². The van der Waals surface area contributed by atoms with Crippen molar-refractivity contribution >= 4 is 11.1 Å². The van der Waals surface area contributed by atoms with Gasteiger partial charge in [0.25, 0.3) is 5.56 Å². The molecule has 0 aromatic carbocycles. The van der Waals surface area contributed by atoms with Crippen molar-refractivity contribution in [2.75, 3.05) is 0 Å². The van der Waals surface area contributed by atoms with E-state index >= 15 is 0 Å². The second kappa shape index (κ2) is 6.40. The molecule has 122 valence electrons. The fraction of sp³-hybridized carbons (Fsp3) is 0.471. The molecule has 1 aliphatic carbocycles. The molecule has 0 bridgehead atoms. The van der Waals surface area contributed by atoms with E-state index in [1.165, 1.54) is 10.6 Å². The first kappa shape index (κ1) is 15.5. The first-order valence-electron chi connectivity index (χ1n) is 8.05. The topological polar surface area (TPSA) is 85.1 Å². The summed E-state index contributed by atoms with van der Waals surface area (Å²) in [6.07, 6.45) is 8.41. The average molecular weight is 316 g/mol. The van der Waals surface area contributed by atoms with Crippen LogP contribution in [-0.2, 0) is 13.0 Å². The molecule has 0 amide bonds. The molecule has 1 fully saturated rings. The minimum atomic E-state index is -0.526. The largest absolute Gasteiger partial charge is 0.405 e. The molecule has 23 heavy (non-hydrogen) atoms. The molecule has 6 heteroatoms. The van der Waals surface area contributed by atoms with Crippen LogP contribution in [0.2, 0.25) is 0 Å². The van der Waals surface area contributed by atoms with Gasteiger partial charge < -0.3 is 4.42 Å². The second-order valence-corrected chi connectivity index (χ2v) is 6.00. The average Bonchev–Trinajstić information content (AvgIpc) is 3.31. The van der Waals surface area contributed by atoms with Crippen molar-refractivity contribution in [2.45, 2.75) is 45.6 Å². The number of fused-ring (bicyclic) bond motifs is 1. The van der Waals surface area contributed by atoms with Crippen LogP contribution < -0.4 is 16.9 Å². The quantitative estimate of drug-likeness (QED) is 0.825. The normalized spacial score (nSPS) is 14.8. The van der Waals surface area contributed by atoms with E-state index < -0.39 is 16.9 Å². The smallest absolute Gasteiger partial charge is 0.337 e. The van der Waals surface area contributed by atoms with Gasteiger partial charge in [0.05, 0.1) is 0 Å². The predicted molar refractivity (Wildman–Crippen MR) is 87.8 cm³/mol. The summed E-state index contributed by atoms with van der Waals surface area (Å²) in [6.45, 7) is 2.53. The van der Waals surface area contributed by atoms with Crippen LogP contribution in [0.5, 0.6) is 0 Å². The van der Waals surface area contributed by atoms with Gasteiger partial charge in [0.1, 0.15) is 5.39 Å². The van der Waals surface area contributed by atoms with Crippen molar-refractivity contribution in [3.8, 4) is 0 Å². The SMILES string of the molecule is CCC=CCCc1cc(=O)oc2c1c(=O)[nH]c(=O)n2CC1CC1. The van der Waals surface area contributed by atoms with E-state index in [2.05, 4.69) is 4.98 Å². The summed E-state index contributed by atoms with van der Waals surface area (Å²) in [7, 11) is 0. The van der Waals surface area contributed by atoms with E-state index in [1.54, 1.807) is 0 Å². The lowest BCUT2D eigenvalue weighted by molar-refractivity contribution is 0.492. The van der Waals surface area contributed by atoms with Gasteiger partial charge >= 0.3 is 11.3 Å². The van der Waals surface area contributed by atoms with Crippen molar-refractivity contribution in [3.63, 3.8) is 0 Å². The highest BCUT2D eigenvalue weighted by Crippen LogP contribution is 2.30. The molecule has 0 radical (unpaired) electrons. The number of hydrogen-bond acceptors (Lipinski definition) is 4. The number of aromatic amines is 1. The molecule has 3 rings (SSSR count). The Morgan fingerprint density at radius 1 is 1.30 bits per heavy atom. The highest BCUT2D eigenvalue weighted by molar-refractivity contribution is 5.75. The summed E-state index contributed by atoms with van der Waals surface area (Å²) in [5.41, 5.74) is -0.798. The minimum Gasteiger partial charge on any atom is -0.405 e. The van der Waals surface area contributed by atoms with Gasteiger partial charge in [0, 0.05) is 12.6 Å². The van der Waals surface area contributed by atoms with Gasteiger partial charge in [-0.25, -0.2) is 9.59 Å². The standard InChI is InChI=1S/C17H20N2O4/c1-2-3-4-5-6-12-9-13(20)23-16-14(12)15(21)18-17(22)19(16)10-11-7-8-11/h3-4,9,11H,2,5-8,10H2,1H3,(H,18,21,22). The Balaban J connectivity index is 2.13. The van der Waals surface area contributed by atoms with E-state index in [0.29, 0.717) is 29.8 Å². The van der Waals surface area contributed by atoms with Crippen molar-refractivity contribution in [1.82, 2.24) is 9.55 Å². The number of hydrogen-bond donors (Lipinski definition) is 1. The number of nitrogens with zero attached hydrogens (tertiary/aromatic N) is 1. The zero-order valence-corrected chi connectivity index (χ0v) is 13.1. The molecular weight excluding hydrogens is 296 g/mol. The van der Waals surface area contributed by atoms with E-state index in [4.69, 9.17) is 4.42 Å². The Kier molecular flexibility index (Phi) is 4.32. The van der Waals surface area contributed by atoms with E-state index in [-0.39, 0.29) is 5.71 Å². The lowest BCUT2D eigenvalue weighted by Crippen LogP contribution is -2.32. The van der Waals surface area contributed by atoms with Crippen LogP contribution in [-0.4, -0.2) is 9.55 Å². The second-order valence-electron chi connectivity index (χ2n) is 6.00. The molecule has 0 unspecified atom stereocenters. The van der Waals surface area contributed by atoms with Gasteiger partial charge in [-0.1, -0.05) is 19.1 Å². The highest BCUT2D eigenvalue weighted by atomic mass is 16.4. The van der Waals surface area contributed by atoms with Gasteiger partial charge in [0.15, 0.2) is 0 Å². The number of aryl methyl sites for hydroxylation is 1. The number of aromatic nitrogens is 2. The zero-order valence-electron chi connectivity index (χ0n) is 13.1. The molecular formula is C17H20N2O4. The Hall–Kier alpha value is -2.37. The number of allylic oxidation sites excluding steroid dienone is 2. The van der Waals surface area contributed by atoms with Gasteiger partial charge in [-0.05, 0) is 43.6 Å². The molecule has 1 N–H and O–H groups in total. The molecule has 1 saturated carbocycles. The summed E-state index contributed by atoms with van der Waals surface area (Å²) in [6, 6.07) is 1.35. The first-order chi connectivity index (χ1) is 11.1. The lowest BCUT2D eigenvalue weighted by atomic mass is 10.1. The number of H-pyrrole nitrogens is 1. The molecule has 0 spiro atoms. The summed E-state index contributed by atoms with van der Waals surface area (Å²) < 4.78 is 6.61. The van der Waals surface area contributed by atoms with Crippen LogP contribution in [0, 0.1) is 5.92 Å². The molecule has 2 aromatic heterocycles. The van der Waals surface area contributed by atoms with Crippen LogP contribution >= 0.6 is 0 Å². The zero-order chi connectivity index (χ0) is 16.4. The predicted octanol–water partition coefficient (Wildman–Crippen LogP) is 1.95. The summed E-state index contributed by atoms with van der Waals surface area (Å²) in [4.78, 5) is 38.5. The highest BCUT2D eigenvalue weighted by Gasteiger charge is 2.24. The van der Waals surface area contributed by atoms with E-state index in [9.17, 15) is 14.4 Å². The summed E-state index contributed by atoms with van der Waals surface area (Å²) >= 11 is 0. The number of rotatable bonds is 6. The van der Waals surface area contributed by atoms with Gasteiger partial charge in [0.2, 0.25) is 5.71 Å². The van der Waals surface area contributed by atoms with Crippen molar-refractivity contribution in [2.24, 2.45) is 5.92 Å². The first-order valence-corrected chi connectivity index (χ1v) is 8.05. The lowest BCUT2D eigenvalue weighted by Gasteiger charge is -2.09. The maximum atomic E-state index is 12.2. The molecule has 0 aliphatic heterocycles. The van der Waals surface area contributed by atoms with E-state index in [1.807, 2.05) is 19.1 Å². The van der Waals surface area contributed by atoms with Crippen molar-refractivity contribution < 1.29 is 4.42 Å². The monoisotopic (exact) mass is 316 g/mol. The van der Waals surface area contributed by atoms with Crippen LogP contribution in [0.3, 0.4) is 0 Å². The minimum absolute atomic E-state index is 0.104. The maximum absolute atomic E-state index is 12.2. The fourth-order valence-corrected chi connectivity index (χ4v) is 2.72. The number of nitrogens with one attached hydrogen (secondary N) is 1. The molecule has 6 nitrogen and oxygen atoms in total. The molecule has 0 saturated heterocycles. The summed E-state index contributed by atoms with van der Waals surface area (Å²) in [5, 5.41) is 0.315. The van der Waals surface area contributed by atoms with Crippen LogP contribution in [0.4, 0.5) is 0 Å². The van der Waals surface area contributed by atoms with E-state index in [0.717, 1.165) is 25.7 Å². The Morgan fingerprint density at radius 3 is 2.78 bits per heavy atom. The third-order valence-corrected chi connectivity index (χ3v) is 4.08. The van der Waals surface area contributed by atoms with Gasteiger partial charge in [-0.15, -0.1) is 0 Å². The fourth-order valence-electron chi connectivity index (χ4n) is 2.72. The van der Waals surface area contributed by atoms with Gasteiger partial charge in [-0.2, -0.15) is 0 Å². The summed E-state index contributed by atoms with van der Waals surface area (Å²) in [5.74, 6) is 0.420. The molecule has 2 heterocycles. The third-order valence-electron chi connectivity index (χ3n) is 4.08. The van der Waals surface area contributed by atoms with Crippen molar-refractivity contribution in [1.29, 1.82) is 0 Å². The maximum Gasteiger partial charge on any atom is 0.337 e. The Labute approximate surface area is 132 Å². The molecule has 2 aromatic rings. The van der Waals surface area contributed by atoms with Crippen molar-refractivity contribution in [3.05, 3.63) is 55.0 Å². The Morgan fingerprint density at radius 2 is 2.09 bits per heavy atom. The third kappa shape index (κ3) is 3.36.